The molecular formula is C17H14F3NO3. The molecule has 7 heteroatoms. The van der Waals surface area contributed by atoms with Crippen molar-refractivity contribution in [3.05, 3.63) is 51.6 Å². The molecule has 0 saturated heterocycles. The van der Waals surface area contributed by atoms with Crippen LogP contribution in [0, 0.1) is 17.5 Å². The fourth-order valence-electron chi connectivity index (χ4n) is 2.72. The van der Waals surface area contributed by atoms with E-state index in [0.29, 0.717) is 12.8 Å². The van der Waals surface area contributed by atoms with Crippen LogP contribution in [0.2, 0.25) is 0 Å². The lowest BCUT2D eigenvalue weighted by molar-refractivity contribution is 0.0524. The summed E-state index contributed by atoms with van der Waals surface area (Å²) in [6.07, 6.45) is 3.46. The highest BCUT2D eigenvalue weighted by atomic mass is 19.2. The van der Waals surface area contributed by atoms with Gasteiger partial charge in [0, 0.05) is 17.8 Å². The minimum absolute atomic E-state index is 0.0419. The van der Waals surface area contributed by atoms with E-state index >= 15 is 0 Å². The Morgan fingerprint density at radius 2 is 2.00 bits per heavy atom. The van der Waals surface area contributed by atoms with Crippen molar-refractivity contribution >= 4 is 22.9 Å². The van der Waals surface area contributed by atoms with Gasteiger partial charge in [0.25, 0.3) is 0 Å². The lowest BCUT2D eigenvalue weighted by Gasteiger charge is -2.15. The molecule has 1 aromatic carbocycles. The third kappa shape index (κ3) is 2.31. The minimum atomic E-state index is -1.67. The zero-order valence-electron chi connectivity index (χ0n) is 12.9. The van der Waals surface area contributed by atoms with Crippen LogP contribution < -0.4 is 5.43 Å². The van der Waals surface area contributed by atoms with E-state index < -0.39 is 39.8 Å². The molecule has 1 heterocycles. The number of carbonyl (C=O) groups excluding carboxylic acids is 1. The Hall–Kier alpha value is -2.57. The van der Waals surface area contributed by atoms with Gasteiger partial charge in [0.05, 0.1) is 17.5 Å². The van der Waals surface area contributed by atoms with Crippen LogP contribution in [0.4, 0.5) is 13.2 Å². The zero-order valence-corrected chi connectivity index (χ0v) is 12.9. The van der Waals surface area contributed by atoms with Gasteiger partial charge in [-0.05, 0) is 19.8 Å². The predicted molar refractivity (Wildman–Crippen MR) is 82.4 cm³/mol. The van der Waals surface area contributed by atoms with E-state index in [0.717, 1.165) is 12.3 Å². The van der Waals surface area contributed by atoms with Crippen molar-refractivity contribution in [2.24, 2.45) is 0 Å². The second-order valence-electron chi connectivity index (χ2n) is 5.51. The number of fused-ring (bicyclic) bond motifs is 1. The number of benzene rings is 1. The highest BCUT2D eigenvalue weighted by Crippen LogP contribution is 2.39. The summed E-state index contributed by atoms with van der Waals surface area (Å²) in [6, 6.07) is -0.182. The minimum Gasteiger partial charge on any atom is -0.462 e. The zero-order chi connectivity index (χ0) is 17.6. The summed E-state index contributed by atoms with van der Waals surface area (Å²) >= 11 is 0. The fraction of sp³-hybridized carbons (Fsp3) is 0.294. The van der Waals surface area contributed by atoms with Crippen molar-refractivity contribution in [1.29, 1.82) is 0 Å². The molecule has 0 radical (unpaired) electrons. The maximum absolute atomic E-state index is 14.4. The highest BCUT2D eigenvalue weighted by molar-refractivity contribution is 5.97. The van der Waals surface area contributed by atoms with Gasteiger partial charge in [-0.2, -0.15) is 0 Å². The first kappa shape index (κ1) is 16.3. The lowest BCUT2D eigenvalue weighted by atomic mass is 10.0. The first-order valence-corrected chi connectivity index (χ1v) is 7.47. The first-order chi connectivity index (χ1) is 11.4. The number of nitrogens with zero attached hydrogens (tertiary/aromatic N) is 1. The number of carbonyl (C=O) groups is 1. The molecule has 4 nitrogen and oxygen atoms in total. The molecule has 1 aromatic heterocycles. The highest BCUT2D eigenvalue weighted by Gasteiger charge is 2.31. The van der Waals surface area contributed by atoms with Gasteiger partial charge in [-0.25, -0.2) is 18.0 Å². The summed E-state index contributed by atoms with van der Waals surface area (Å²) in [4.78, 5) is 24.6. The van der Waals surface area contributed by atoms with Crippen molar-refractivity contribution in [2.45, 2.75) is 25.8 Å². The molecule has 1 aliphatic rings. The van der Waals surface area contributed by atoms with Crippen LogP contribution in [-0.4, -0.2) is 17.1 Å². The van der Waals surface area contributed by atoms with Gasteiger partial charge in [-0.15, -0.1) is 0 Å². The Balaban J connectivity index is 2.50. The summed E-state index contributed by atoms with van der Waals surface area (Å²) < 4.78 is 48.4. The molecule has 24 heavy (non-hydrogen) atoms. The van der Waals surface area contributed by atoms with E-state index in [-0.39, 0.29) is 23.7 Å². The van der Waals surface area contributed by atoms with Crippen molar-refractivity contribution < 1.29 is 22.7 Å². The molecule has 3 rings (SSSR count). The Bertz CT molecular complexity index is 929. The molecule has 0 aliphatic heterocycles. The van der Waals surface area contributed by atoms with Crippen LogP contribution in [0.15, 0.2) is 17.6 Å². The second kappa shape index (κ2) is 5.81. The van der Waals surface area contributed by atoms with Crippen molar-refractivity contribution in [3.63, 3.8) is 0 Å². The number of ether oxygens (including phenoxy) is 1. The first-order valence-electron chi connectivity index (χ1n) is 7.47. The largest absolute Gasteiger partial charge is 0.462 e. The van der Waals surface area contributed by atoms with Crippen LogP contribution in [-0.2, 0) is 4.74 Å². The van der Waals surface area contributed by atoms with E-state index in [4.69, 9.17) is 4.74 Å². The van der Waals surface area contributed by atoms with Crippen LogP contribution >= 0.6 is 0 Å². The number of halogens is 3. The molecule has 0 atom stereocenters. The van der Waals surface area contributed by atoms with E-state index in [9.17, 15) is 22.8 Å². The molecule has 2 aromatic rings. The summed E-state index contributed by atoms with van der Waals surface area (Å²) in [5.74, 6) is -5.52. The van der Waals surface area contributed by atoms with Crippen molar-refractivity contribution in [2.75, 3.05) is 6.61 Å². The van der Waals surface area contributed by atoms with Crippen LogP contribution in [0.3, 0.4) is 0 Å². The fourth-order valence-corrected chi connectivity index (χ4v) is 2.72. The van der Waals surface area contributed by atoms with E-state index in [1.807, 2.05) is 0 Å². The number of hydrogen-bond acceptors (Lipinski definition) is 3. The number of aromatic nitrogens is 1. The van der Waals surface area contributed by atoms with Crippen LogP contribution in [0.25, 0.3) is 17.0 Å². The van der Waals surface area contributed by atoms with Gasteiger partial charge in [-0.1, -0.05) is 12.7 Å². The topological polar surface area (TPSA) is 48.3 Å². The van der Waals surface area contributed by atoms with Crippen molar-refractivity contribution in [3.8, 4) is 0 Å². The summed E-state index contributed by atoms with van der Waals surface area (Å²) in [5, 5.41) is -0.404. The molecule has 0 spiro atoms. The number of pyridine rings is 1. The van der Waals surface area contributed by atoms with Gasteiger partial charge >= 0.3 is 5.97 Å². The smallest absolute Gasteiger partial charge is 0.343 e. The molecule has 0 N–H and O–H groups in total. The standard InChI is InChI=1S/C17H14F3NO3/c1-3-9-11-15(14(20)13(19)12(9)18)21(8-5-6-8)7-10(16(11)22)17(23)24-4-2/h3,7-8H,1,4-6H2,2H3. The normalized spacial score (nSPS) is 14.0. The third-order valence-corrected chi connectivity index (χ3v) is 3.97. The molecule has 126 valence electrons. The van der Waals surface area contributed by atoms with Crippen LogP contribution in [0.1, 0.15) is 41.7 Å². The lowest BCUT2D eigenvalue weighted by Crippen LogP contribution is -2.23. The van der Waals surface area contributed by atoms with E-state index in [2.05, 4.69) is 6.58 Å². The molecular weight excluding hydrogens is 323 g/mol. The molecule has 1 aliphatic carbocycles. The molecule has 0 amide bonds. The Kier molecular flexibility index (Phi) is 3.95. The average Bonchev–Trinajstić information content (AvgIpc) is 3.39. The Morgan fingerprint density at radius 1 is 1.33 bits per heavy atom. The molecule has 0 unspecified atom stereocenters. The summed E-state index contributed by atoms with van der Waals surface area (Å²) in [7, 11) is 0. The van der Waals surface area contributed by atoms with Gasteiger partial charge in [-0.3, -0.25) is 4.79 Å². The summed E-state index contributed by atoms with van der Waals surface area (Å²) in [6.45, 7) is 4.97. The predicted octanol–water partition coefficient (Wildman–Crippen LogP) is 3.57. The molecule has 0 bridgehead atoms. The van der Waals surface area contributed by atoms with Crippen molar-refractivity contribution in [1.82, 2.24) is 4.57 Å². The summed E-state index contributed by atoms with van der Waals surface area (Å²) in [5.41, 5.74) is -2.07. The maximum Gasteiger partial charge on any atom is 0.343 e. The average molecular weight is 337 g/mol. The van der Waals surface area contributed by atoms with Gasteiger partial charge < -0.3 is 9.30 Å². The quantitative estimate of drug-likeness (QED) is 0.633. The van der Waals surface area contributed by atoms with Crippen LogP contribution in [0.5, 0.6) is 0 Å². The van der Waals surface area contributed by atoms with Gasteiger partial charge in [0.2, 0.25) is 5.43 Å². The monoisotopic (exact) mass is 337 g/mol. The number of hydrogen-bond donors (Lipinski definition) is 0. The Morgan fingerprint density at radius 3 is 2.54 bits per heavy atom. The van der Waals surface area contributed by atoms with E-state index in [1.165, 1.54) is 4.57 Å². The molecule has 1 saturated carbocycles. The van der Waals surface area contributed by atoms with E-state index in [1.54, 1.807) is 6.92 Å². The second-order valence-corrected chi connectivity index (χ2v) is 5.51. The Labute approximate surface area is 135 Å². The third-order valence-electron chi connectivity index (χ3n) is 3.97. The maximum atomic E-state index is 14.4. The number of esters is 1. The number of rotatable bonds is 4. The molecule has 1 fully saturated rings. The SMILES string of the molecule is C=Cc1c(F)c(F)c(F)c2c1c(=O)c(C(=O)OCC)cn2C1CC1. The van der Waals surface area contributed by atoms with Gasteiger partial charge in [0.1, 0.15) is 5.56 Å². The van der Waals surface area contributed by atoms with Gasteiger partial charge in [0.15, 0.2) is 17.5 Å².